The summed E-state index contributed by atoms with van der Waals surface area (Å²) in [4.78, 5) is 5.01. The monoisotopic (exact) mass is 946 g/mol. The molecule has 0 aliphatic heterocycles. The molecule has 0 unspecified atom stereocenters. The van der Waals surface area contributed by atoms with Crippen molar-refractivity contribution in [1.29, 1.82) is 0 Å². The Hall–Kier alpha value is -7.13. The summed E-state index contributed by atoms with van der Waals surface area (Å²) in [7, 11) is 0. The predicted molar refractivity (Wildman–Crippen MR) is 240 cm³/mol. The van der Waals surface area contributed by atoms with Crippen LogP contribution in [0.3, 0.4) is 0 Å². The number of pyridine rings is 1. The number of nitrogens with zero attached hydrogens (tertiary/aromatic N) is 4. The van der Waals surface area contributed by atoms with Crippen molar-refractivity contribution in [1.82, 2.24) is 18.7 Å². The molecule has 286 valence electrons. The first-order valence-electron chi connectivity index (χ1n) is 20.0. The van der Waals surface area contributed by atoms with E-state index < -0.39 is 5.41 Å². The summed E-state index contributed by atoms with van der Waals surface area (Å²) in [6, 6.07) is 79.6. The summed E-state index contributed by atoms with van der Waals surface area (Å²) < 4.78 is 6.81. The maximum Gasteiger partial charge on any atom is 0.168 e. The van der Waals surface area contributed by atoms with Crippen molar-refractivity contribution in [3.63, 3.8) is 0 Å². The number of hydrogen-bond donors (Lipinski definition) is 0. The number of benzene rings is 8. The van der Waals surface area contributed by atoms with Crippen molar-refractivity contribution in [2.45, 2.75) is 5.41 Å². The second-order valence-electron chi connectivity index (χ2n) is 15.2. The van der Waals surface area contributed by atoms with Gasteiger partial charge in [0.1, 0.15) is 11.5 Å². The molecule has 12 rings (SSSR count). The number of fused-ring (bicyclic) bond motifs is 7. The predicted octanol–water partition coefficient (Wildman–Crippen LogP) is 12.8. The first kappa shape index (κ1) is 36.0. The largest absolute Gasteiger partial charge is 0.319 e. The molecular weight excluding hydrogens is 912 g/mol. The van der Waals surface area contributed by atoms with Gasteiger partial charge in [0.2, 0.25) is 0 Å². The smallest absolute Gasteiger partial charge is 0.168 e. The summed E-state index contributed by atoms with van der Waals surface area (Å²) in [6.45, 7) is 0. The average Bonchev–Trinajstić information content (AvgIpc) is 3.97. The van der Waals surface area contributed by atoms with E-state index in [1.54, 1.807) is 0 Å². The fraction of sp³-hybridized carbons (Fsp3) is 0.0182. The summed E-state index contributed by atoms with van der Waals surface area (Å²) in [6.07, 6.45) is 4.10. The van der Waals surface area contributed by atoms with Crippen molar-refractivity contribution in [3.05, 3.63) is 247 Å². The summed E-state index contributed by atoms with van der Waals surface area (Å²) in [5.74, 6) is 0.854. The first-order chi connectivity index (χ1) is 29.3. The van der Waals surface area contributed by atoms with Crippen LogP contribution in [0.25, 0.3) is 72.3 Å². The van der Waals surface area contributed by atoms with E-state index in [0.29, 0.717) is 0 Å². The maximum atomic E-state index is 5.01. The van der Waals surface area contributed by atoms with E-state index in [4.69, 9.17) is 4.98 Å². The molecule has 8 aromatic carbocycles. The third kappa shape index (κ3) is 5.34. The van der Waals surface area contributed by atoms with Crippen LogP contribution in [0, 0.1) is 12.1 Å². The molecule has 0 amide bonds. The molecule has 1 aliphatic rings. The van der Waals surface area contributed by atoms with Crippen LogP contribution >= 0.6 is 0 Å². The maximum absolute atomic E-state index is 5.01. The minimum atomic E-state index is -0.726. The number of aromatic nitrogens is 4. The molecule has 0 saturated carbocycles. The van der Waals surface area contributed by atoms with Crippen LogP contribution in [0.5, 0.6) is 0 Å². The molecule has 0 bridgehead atoms. The molecule has 0 fully saturated rings. The van der Waals surface area contributed by atoms with E-state index in [1.165, 1.54) is 27.6 Å². The number of imidazole rings is 1. The summed E-state index contributed by atoms with van der Waals surface area (Å²) >= 11 is 0. The number of rotatable bonds is 6. The Morgan fingerprint density at radius 1 is 0.467 bits per heavy atom. The Bertz CT molecular complexity index is 3350. The van der Waals surface area contributed by atoms with E-state index in [0.717, 1.165) is 66.9 Å². The van der Waals surface area contributed by atoms with Crippen LogP contribution in [-0.4, -0.2) is 18.7 Å². The van der Waals surface area contributed by atoms with Gasteiger partial charge in [0, 0.05) is 56.0 Å². The third-order valence-corrected chi connectivity index (χ3v) is 12.1. The van der Waals surface area contributed by atoms with E-state index in [2.05, 4.69) is 232 Å². The van der Waals surface area contributed by atoms with Crippen molar-refractivity contribution < 1.29 is 21.1 Å². The van der Waals surface area contributed by atoms with Crippen molar-refractivity contribution in [2.75, 3.05) is 0 Å². The normalized spacial score (nSPS) is 12.7. The van der Waals surface area contributed by atoms with Gasteiger partial charge in [-0.1, -0.05) is 133 Å². The van der Waals surface area contributed by atoms with Crippen LogP contribution in [0.15, 0.2) is 213 Å². The molecule has 1 aliphatic carbocycles. The van der Waals surface area contributed by atoms with Gasteiger partial charge < -0.3 is 4.57 Å². The van der Waals surface area contributed by atoms with Crippen molar-refractivity contribution >= 4 is 32.8 Å². The molecular formula is C55H35N4Pt-. The van der Waals surface area contributed by atoms with Gasteiger partial charge in [0.25, 0.3) is 0 Å². The zero-order chi connectivity index (χ0) is 38.9. The average molecular weight is 947 g/mol. The van der Waals surface area contributed by atoms with Gasteiger partial charge in [-0.2, -0.15) is 34.9 Å². The Kier molecular flexibility index (Phi) is 8.58. The fourth-order valence-corrected chi connectivity index (χ4v) is 9.57. The van der Waals surface area contributed by atoms with Crippen LogP contribution in [0.2, 0.25) is 0 Å². The second-order valence-corrected chi connectivity index (χ2v) is 15.2. The van der Waals surface area contributed by atoms with Crippen LogP contribution < -0.4 is 0 Å². The second kappa shape index (κ2) is 14.3. The van der Waals surface area contributed by atoms with Gasteiger partial charge in [-0.05, 0) is 69.1 Å². The molecule has 60 heavy (non-hydrogen) atoms. The SMILES string of the molecule is [Pt].[c-]1c(-n2[cH+]n(-c3ccccc3)c3ccccc32)cccc1C1(c2[c-]c3c(cc2)c2ccccc2n3-c2cc(-c3ccccc3)ccn2)c2ccccc2-c2ccccc21. The fourth-order valence-electron chi connectivity index (χ4n) is 9.57. The molecule has 0 spiro atoms. The van der Waals surface area contributed by atoms with Crippen LogP contribution in [0.4, 0.5) is 0 Å². The molecule has 4 nitrogen and oxygen atoms in total. The minimum Gasteiger partial charge on any atom is -0.319 e. The number of hydrogen-bond acceptors (Lipinski definition) is 1. The van der Waals surface area contributed by atoms with Gasteiger partial charge in [0.15, 0.2) is 17.4 Å². The van der Waals surface area contributed by atoms with Gasteiger partial charge in [-0.3, -0.25) is 0 Å². The van der Waals surface area contributed by atoms with Crippen LogP contribution in [-0.2, 0) is 26.5 Å². The third-order valence-electron chi connectivity index (χ3n) is 12.1. The minimum absolute atomic E-state index is 0. The van der Waals surface area contributed by atoms with E-state index in [9.17, 15) is 0 Å². The summed E-state index contributed by atoms with van der Waals surface area (Å²) in [5.41, 5.74) is 14.9. The van der Waals surface area contributed by atoms with Gasteiger partial charge >= 0.3 is 0 Å². The zero-order valence-corrected chi connectivity index (χ0v) is 34.6. The molecule has 3 aromatic heterocycles. The molecule has 3 heterocycles. The Morgan fingerprint density at radius 2 is 1.08 bits per heavy atom. The summed E-state index contributed by atoms with van der Waals surface area (Å²) in [5, 5.41) is 2.30. The van der Waals surface area contributed by atoms with E-state index in [1.807, 2.05) is 6.20 Å². The zero-order valence-electron chi connectivity index (χ0n) is 32.3. The van der Waals surface area contributed by atoms with Gasteiger partial charge in [-0.15, -0.1) is 28.6 Å². The Labute approximate surface area is 362 Å². The Balaban J connectivity index is 0.00000408. The van der Waals surface area contributed by atoms with Crippen LogP contribution in [0.1, 0.15) is 22.3 Å². The standard InChI is InChI=1S/C55H35N4.Pt/c1-3-16-38(17-4-1)39-32-33-56-54(34-39)59-50-27-12-9-24-46(50)47-31-30-41(36-53(47)59)55(48-25-10-7-22-44(48)45-23-8-11-26-49(45)55)40-18-15-21-43(35-40)58-37-57(42-19-5-2-6-20-42)51-28-13-14-29-52(51)58;/h1-34,37H;/q-1;. The number of para-hydroxylation sites is 4. The van der Waals surface area contributed by atoms with Crippen molar-refractivity contribution in [2.24, 2.45) is 0 Å². The van der Waals surface area contributed by atoms with E-state index in [-0.39, 0.29) is 21.1 Å². The molecule has 0 radical (unpaired) electrons. The van der Waals surface area contributed by atoms with E-state index >= 15 is 0 Å². The molecule has 11 aromatic rings. The Morgan fingerprint density at radius 3 is 1.83 bits per heavy atom. The molecule has 5 heteroatoms. The van der Waals surface area contributed by atoms with Gasteiger partial charge in [0.05, 0.1) is 0 Å². The first-order valence-corrected chi connectivity index (χ1v) is 20.0. The van der Waals surface area contributed by atoms with Gasteiger partial charge in [-0.25, -0.2) is 9.55 Å². The quantitative estimate of drug-likeness (QED) is 0.153. The molecule has 0 N–H and O–H groups in total. The molecule has 0 atom stereocenters. The van der Waals surface area contributed by atoms with Crippen molar-refractivity contribution in [3.8, 4) is 39.4 Å². The topological polar surface area (TPSA) is 27.7 Å². The molecule has 0 saturated heterocycles.